The third kappa shape index (κ3) is 2.26. The first-order chi connectivity index (χ1) is 10.7. The van der Waals surface area contributed by atoms with Crippen LogP contribution >= 0.6 is 0 Å². The second kappa shape index (κ2) is 4.23. The summed E-state index contributed by atoms with van der Waals surface area (Å²) in [6.07, 6.45) is 0. The highest BCUT2D eigenvalue weighted by atomic mass is 14.9. The van der Waals surface area contributed by atoms with Crippen LogP contribution in [0.15, 0.2) is 48.4 Å². The molecule has 3 rings (SSSR count). The van der Waals surface area contributed by atoms with E-state index >= 15 is 0 Å². The summed E-state index contributed by atoms with van der Waals surface area (Å²) in [5, 5.41) is 0. The van der Waals surface area contributed by atoms with E-state index in [-0.39, 0.29) is 35.1 Å². The van der Waals surface area contributed by atoms with Gasteiger partial charge in [-0.25, -0.2) is 4.98 Å². The van der Waals surface area contributed by atoms with Gasteiger partial charge in [0.15, 0.2) is 0 Å². The molecule has 0 aliphatic heterocycles. The molecule has 2 heteroatoms. The van der Waals surface area contributed by atoms with Crippen molar-refractivity contribution in [1.82, 2.24) is 9.97 Å². The van der Waals surface area contributed by atoms with Crippen molar-refractivity contribution in [1.29, 1.82) is 0 Å². The van der Waals surface area contributed by atoms with Gasteiger partial charge in [0.2, 0.25) is 0 Å². The van der Waals surface area contributed by atoms with E-state index in [1.807, 2.05) is 24.3 Å². The fourth-order valence-electron chi connectivity index (χ4n) is 2.00. The smallest absolute Gasteiger partial charge is 0.138 e. The highest BCUT2D eigenvalue weighted by molar-refractivity contribution is 5.79. The number of aromatic amines is 1. The minimum Gasteiger partial charge on any atom is -0.338 e. The van der Waals surface area contributed by atoms with Crippen LogP contribution in [0.5, 0.6) is 0 Å². The second-order valence-corrected chi connectivity index (χ2v) is 5.64. The molecule has 3 aromatic rings. The van der Waals surface area contributed by atoms with Crippen molar-refractivity contribution in [3.05, 3.63) is 54.0 Å². The van der Waals surface area contributed by atoms with E-state index in [0.717, 1.165) is 5.56 Å². The number of hydrogen-bond acceptors (Lipinski definition) is 1. The number of fused-ring (bicyclic) bond motifs is 1. The van der Waals surface area contributed by atoms with Crippen molar-refractivity contribution >= 4 is 11.0 Å². The first-order valence-corrected chi connectivity index (χ1v) is 6.27. The first-order valence-electron chi connectivity index (χ1n) is 8.27. The van der Waals surface area contributed by atoms with E-state index in [1.54, 1.807) is 0 Å². The minimum atomic E-state index is -0.261. The number of benzene rings is 2. The molecular formula is C17H18N2. The maximum Gasteiger partial charge on any atom is 0.138 e. The van der Waals surface area contributed by atoms with Crippen molar-refractivity contribution in [3.63, 3.8) is 0 Å². The van der Waals surface area contributed by atoms with Gasteiger partial charge in [0, 0.05) is 5.56 Å². The average Bonchev–Trinajstić information content (AvgIpc) is 2.95. The summed E-state index contributed by atoms with van der Waals surface area (Å²) in [6.45, 7) is 6.44. The molecule has 2 aromatic carbocycles. The molecule has 0 bridgehead atoms. The normalized spacial score (nSPS) is 14.9. The van der Waals surface area contributed by atoms with Gasteiger partial charge in [-0.2, -0.15) is 0 Å². The van der Waals surface area contributed by atoms with Gasteiger partial charge in [-0.15, -0.1) is 0 Å². The van der Waals surface area contributed by atoms with Gasteiger partial charge in [0.05, 0.1) is 16.5 Å². The highest BCUT2D eigenvalue weighted by Gasteiger charge is 2.13. The van der Waals surface area contributed by atoms with E-state index in [2.05, 4.69) is 30.7 Å². The van der Waals surface area contributed by atoms with Crippen molar-refractivity contribution in [2.75, 3.05) is 0 Å². The Morgan fingerprint density at radius 3 is 2.42 bits per heavy atom. The second-order valence-electron chi connectivity index (χ2n) is 5.64. The Balaban J connectivity index is 2.15. The van der Waals surface area contributed by atoms with Gasteiger partial charge < -0.3 is 4.98 Å². The molecule has 0 atom stereocenters. The Morgan fingerprint density at radius 1 is 1.05 bits per heavy atom. The number of hydrogen-bond donors (Lipinski definition) is 1. The summed E-state index contributed by atoms with van der Waals surface area (Å²) in [6, 6.07) is 7.27. The lowest BCUT2D eigenvalue weighted by Crippen LogP contribution is -2.10. The summed E-state index contributed by atoms with van der Waals surface area (Å²) in [5.74, 6) is 0.549. The molecule has 0 aliphatic carbocycles. The van der Waals surface area contributed by atoms with E-state index in [9.17, 15) is 0 Å². The van der Waals surface area contributed by atoms with E-state index in [4.69, 9.17) is 5.48 Å². The Morgan fingerprint density at radius 2 is 1.74 bits per heavy atom. The predicted molar refractivity (Wildman–Crippen MR) is 80.2 cm³/mol. The van der Waals surface area contributed by atoms with Crippen molar-refractivity contribution in [2.24, 2.45) is 0 Å². The number of aromatic nitrogens is 2. The van der Waals surface area contributed by atoms with Crippen LogP contribution in [0.3, 0.4) is 0 Å². The highest BCUT2D eigenvalue weighted by Crippen LogP contribution is 2.26. The molecule has 1 aromatic heterocycles. The first kappa shape index (κ1) is 8.16. The number of rotatable bonds is 1. The van der Waals surface area contributed by atoms with E-state index in [0.29, 0.717) is 11.3 Å². The Hall–Kier alpha value is -2.09. The lowest BCUT2D eigenvalue weighted by Gasteiger charge is -2.18. The monoisotopic (exact) mass is 254 g/mol. The van der Waals surface area contributed by atoms with Crippen LogP contribution in [0.2, 0.25) is 0 Å². The zero-order chi connectivity index (χ0) is 16.9. The molecule has 0 radical (unpaired) electrons. The fraction of sp³-hybridized carbons (Fsp3) is 0.235. The topological polar surface area (TPSA) is 28.7 Å². The number of imidazole rings is 1. The third-order valence-corrected chi connectivity index (χ3v) is 3.16. The number of nitrogens with zero attached hydrogens (tertiary/aromatic N) is 1. The fourth-order valence-corrected chi connectivity index (χ4v) is 2.00. The molecule has 19 heavy (non-hydrogen) atoms. The van der Waals surface area contributed by atoms with Crippen LogP contribution in [-0.4, -0.2) is 9.97 Å². The third-order valence-electron chi connectivity index (χ3n) is 3.16. The largest absolute Gasteiger partial charge is 0.338 e. The molecule has 0 aliphatic rings. The van der Waals surface area contributed by atoms with Gasteiger partial charge in [-0.3, -0.25) is 0 Å². The van der Waals surface area contributed by atoms with E-state index in [1.165, 1.54) is 5.56 Å². The summed E-state index contributed by atoms with van der Waals surface area (Å²) in [7, 11) is 0. The van der Waals surface area contributed by atoms with Crippen LogP contribution in [0, 0.1) is 0 Å². The Bertz CT molecular complexity index is 845. The standard InChI is InChI=1S/C17H18N2/c1-17(2,3)13-10-8-12(9-11-13)16-18-14-6-4-5-7-15(14)19-16/h4-11H,1-3H3,(H,18,19)/i4D,5D,6D,7D. The van der Waals surface area contributed by atoms with Gasteiger partial charge in [0.1, 0.15) is 5.82 Å². The molecule has 1 N–H and O–H groups in total. The van der Waals surface area contributed by atoms with Gasteiger partial charge >= 0.3 is 0 Å². The zero-order valence-electron chi connectivity index (χ0n) is 15.3. The zero-order valence-corrected chi connectivity index (χ0v) is 11.3. The van der Waals surface area contributed by atoms with Crippen LogP contribution in [0.1, 0.15) is 31.8 Å². The van der Waals surface area contributed by atoms with Gasteiger partial charge in [-0.05, 0) is 23.1 Å². The molecule has 0 spiro atoms. The van der Waals surface area contributed by atoms with Crippen LogP contribution in [0.4, 0.5) is 0 Å². The molecule has 0 amide bonds. The summed E-state index contributed by atoms with van der Waals surface area (Å²) < 4.78 is 31.4. The Labute approximate surface area is 119 Å². The van der Waals surface area contributed by atoms with Crippen LogP contribution < -0.4 is 0 Å². The summed E-state index contributed by atoms with van der Waals surface area (Å²) >= 11 is 0. The van der Waals surface area contributed by atoms with Crippen molar-refractivity contribution < 1.29 is 5.48 Å². The quantitative estimate of drug-likeness (QED) is 0.679. The summed E-state index contributed by atoms with van der Waals surface area (Å²) in [5.41, 5.74) is 2.74. The molecular weight excluding hydrogens is 232 g/mol. The number of para-hydroxylation sites is 2. The Kier molecular flexibility index (Phi) is 1.82. The molecule has 0 saturated heterocycles. The SMILES string of the molecule is [2H]c1c([2H])c([2H])c2[nH]c(-c3ccc(C(C)(C)C)cc3)nc2c1[2H]. The lowest BCUT2D eigenvalue weighted by atomic mass is 9.87. The molecule has 0 unspecified atom stereocenters. The maximum absolute atomic E-state index is 7.96. The van der Waals surface area contributed by atoms with Gasteiger partial charge in [-0.1, -0.05) is 57.1 Å². The molecule has 1 heterocycles. The van der Waals surface area contributed by atoms with E-state index < -0.39 is 0 Å². The molecule has 0 fully saturated rings. The van der Waals surface area contributed by atoms with Crippen LogP contribution in [0.25, 0.3) is 22.4 Å². The molecule has 2 nitrogen and oxygen atoms in total. The lowest BCUT2D eigenvalue weighted by molar-refractivity contribution is 0.590. The van der Waals surface area contributed by atoms with Gasteiger partial charge in [0.25, 0.3) is 0 Å². The molecule has 0 saturated carbocycles. The van der Waals surface area contributed by atoms with Crippen molar-refractivity contribution in [2.45, 2.75) is 26.2 Å². The minimum absolute atomic E-state index is 0.0648. The maximum atomic E-state index is 7.96. The number of nitrogens with one attached hydrogen (secondary N) is 1. The average molecular weight is 254 g/mol. The predicted octanol–water partition coefficient (Wildman–Crippen LogP) is 4.53. The summed E-state index contributed by atoms with van der Waals surface area (Å²) in [4.78, 5) is 7.40. The molecule has 96 valence electrons. The van der Waals surface area contributed by atoms with Crippen molar-refractivity contribution in [3.8, 4) is 11.4 Å². The number of H-pyrrole nitrogens is 1. The van der Waals surface area contributed by atoms with Crippen LogP contribution in [-0.2, 0) is 5.41 Å².